The first-order valence-electron chi connectivity index (χ1n) is 6.42. The molecule has 1 aliphatic carbocycles. The summed E-state index contributed by atoms with van der Waals surface area (Å²) in [6, 6.07) is 0.576. The van der Waals surface area contributed by atoms with E-state index in [9.17, 15) is 0 Å². The molecule has 0 spiro atoms. The van der Waals surface area contributed by atoms with Gasteiger partial charge in [-0.05, 0) is 41.2 Å². The summed E-state index contributed by atoms with van der Waals surface area (Å²) in [5, 5.41) is 5.91. The van der Waals surface area contributed by atoms with Crippen LogP contribution in [0.1, 0.15) is 56.0 Å². The molecule has 0 fully saturated rings. The maximum atomic E-state index is 3.54. The van der Waals surface area contributed by atoms with Crippen LogP contribution < -0.4 is 5.32 Å². The van der Waals surface area contributed by atoms with Crippen LogP contribution in [0.3, 0.4) is 0 Å². The van der Waals surface area contributed by atoms with Crippen LogP contribution in [0.25, 0.3) is 0 Å². The molecule has 0 saturated carbocycles. The molecular formula is C14H23NS. The van der Waals surface area contributed by atoms with Gasteiger partial charge < -0.3 is 5.32 Å². The van der Waals surface area contributed by atoms with Crippen molar-refractivity contribution in [3.63, 3.8) is 0 Å². The lowest BCUT2D eigenvalue weighted by molar-refractivity contribution is 0.426. The minimum atomic E-state index is 0.576. The van der Waals surface area contributed by atoms with E-state index < -0.39 is 0 Å². The number of aryl methyl sites for hydroxylation is 1. The Morgan fingerprint density at radius 2 is 2.19 bits per heavy atom. The summed E-state index contributed by atoms with van der Waals surface area (Å²) in [5.41, 5.74) is 3.21. The van der Waals surface area contributed by atoms with Gasteiger partial charge in [-0.2, -0.15) is 0 Å². The lowest BCUT2D eigenvalue weighted by atomic mass is 9.79. The molecule has 2 rings (SSSR count). The summed E-state index contributed by atoms with van der Waals surface area (Å²) in [7, 11) is 0. The molecule has 0 saturated heterocycles. The predicted molar refractivity (Wildman–Crippen MR) is 72.2 cm³/mol. The van der Waals surface area contributed by atoms with Gasteiger partial charge in [-0.15, -0.1) is 11.3 Å². The molecule has 0 aliphatic heterocycles. The molecule has 0 bridgehead atoms. The van der Waals surface area contributed by atoms with E-state index in [4.69, 9.17) is 0 Å². The molecule has 2 heteroatoms. The molecule has 16 heavy (non-hydrogen) atoms. The Hall–Kier alpha value is -0.340. The van der Waals surface area contributed by atoms with E-state index in [0.717, 1.165) is 18.4 Å². The third-order valence-corrected chi connectivity index (χ3v) is 4.94. The average molecular weight is 237 g/mol. The van der Waals surface area contributed by atoms with Gasteiger partial charge in [0.05, 0.1) is 0 Å². The average Bonchev–Trinajstić information content (AvgIpc) is 2.64. The van der Waals surface area contributed by atoms with Crippen molar-refractivity contribution in [1.82, 2.24) is 5.32 Å². The van der Waals surface area contributed by atoms with Crippen LogP contribution >= 0.6 is 11.3 Å². The molecule has 1 aromatic rings. The Morgan fingerprint density at radius 1 is 1.44 bits per heavy atom. The quantitative estimate of drug-likeness (QED) is 0.840. The second kappa shape index (κ2) is 4.89. The predicted octanol–water partition coefficient (Wildman–Crippen LogP) is 3.93. The zero-order valence-electron chi connectivity index (χ0n) is 10.8. The van der Waals surface area contributed by atoms with Crippen molar-refractivity contribution in [2.75, 3.05) is 0 Å². The Labute approximate surface area is 103 Å². The van der Waals surface area contributed by atoms with Gasteiger partial charge in [0.15, 0.2) is 0 Å². The molecule has 1 heterocycles. The van der Waals surface area contributed by atoms with Crippen molar-refractivity contribution in [2.24, 2.45) is 5.92 Å². The van der Waals surface area contributed by atoms with Gasteiger partial charge in [0, 0.05) is 17.5 Å². The monoisotopic (exact) mass is 237 g/mol. The van der Waals surface area contributed by atoms with Crippen LogP contribution in [-0.4, -0.2) is 6.04 Å². The van der Waals surface area contributed by atoms with Crippen molar-refractivity contribution in [1.29, 1.82) is 0 Å². The third kappa shape index (κ3) is 2.33. The lowest BCUT2D eigenvalue weighted by Gasteiger charge is -2.27. The van der Waals surface area contributed by atoms with Crippen LogP contribution in [0.4, 0.5) is 0 Å². The standard InChI is InChI=1S/C14H23NS/c1-9(2)15-7-12-8-16-13-6-5-10(3)11(4)14(12)13/h8-11,15H,5-7H2,1-4H3. The lowest BCUT2D eigenvalue weighted by Crippen LogP contribution is -2.23. The van der Waals surface area contributed by atoms with E-state index in [1.165, 1.54) is 12.8 Å². The zero-order chi connectivity index (χ0) is 11.7. The highest BCUT2D eigenvalue weighted by Gasteiger charge is 2.26. The van der Waals surface area contributed by atoms with E-state index in [1.54, 1.807) is 16.0 Å². The molecule has 1 N–H and O–H groups in total. The van der Waals surface area contributed by atoms with Crippen molar-refractivity contribution in [3.8, 4) is 0 Å². The molecule has 2 atom stereocenters. The zero-order valence-corrected chi connectivity index (χ0v) is 11.7. The topological polar surface area (TPSA) is 12.0 Å². The van der Waals surface area contributed by atoms with Crippen molar-refractivity contribution in [3.05, 3.63) is 21.4 Å². The summed E-state index contributed by atoms with van der Waals surface area (Å²) >= 11 is 1.97. The second-order valence-corrected chi connectivity index (χ2v) is 6.40. The van der Waals surface area contributed by atoms with Gasteiger partial charge in [-0.1, -0.05) is 27.7 Å². The van der Waals surface area contributed by atoms with Gasteiger partial charge >= 0.3 is 0 Å². The van der Waals surface area contributed by atoms with Crippen molar-refractivity contribution >= 4 is 11.3 Å². The van der Waals surface area contributed by atoms with Crippen LogP contribution in [-0.2, 0) is 13.0 Å². The minimum absolute atomic E-state index is 0.576. The first kappa shape index (κ1) is 12.1. The van der Waals surface area contributed by atoms with Gasteiger partial charge in [-0.3, -0.25) is 0 Å². The normalized spacial score (nSPS) is 24.8. The fourth-order valence-electron chi connectivity index (χ4n) is 2.53. The minimum Gasteiger partial charge on any atom is -0.310 e. The van der Waals surface area contributed by atoms with E-state index in [0.29, 0.717) is 6.04 Å². The highest BCUT2D eigenvalue weighted by atomic mass is 32.1. The Kier molecular flexibility index (Phi) is 3.70. The summed E-state index contributed by atoms with van der Waals surface area (Å²) in [6.07, 6.45) is 2.67. The molecule has 0 radical (unpaired) electrons. The van der Waals surface area contributed by atoms with Crippen molar-refractivity contribution in [2.45, 2.75) is 59.0 Å². The Bertz CT molecular complexity index is 354. The van der Waals surface area contributed by atoms with Crippen LogP contribution in [0, 0.1) is 5.92 Å². The van der Waals surface area contributed by atoms with Crippen LogP contribution in [0.5, 0.6) is 0 Å². The molecular weight excluding hydrogens is 214 g/mol. The number of hydrogen-bond acceptors (Lipinski definition) is 2. The number of thiophene rings is 1. The van der Waals surface area contributed by atoms with Gasteiger partial charge in [0.25, 0.3) is 0 Å². The van der Waals surface area contributed by atoms with Gasteiger partial charge in [-0.25, -0.2) is 0 Å². The SMILES string of the molecule is CC(C)NCc1csc2c1C(C)C(C)CC2. The van der Waals surface area contributed by atoms with E-state index >= 15 is 0 Å². The molecule has 90 valence electrons. The summed E-state index contributed by atoms with van der Waals surface area (Å²) < 4.78 is 0. The largest absolute Gasteiger partial charge is 0.310 e. The fourth-order valence-corrected chi connectivity index (χ4v) is 3.71. The molecule has 1 aromatic heterocycles. The van der Waals surface area contributed by atoms with E-state index in [1.807, 2.05) is 11.3 Å². The number of fused-ring (bicyclic) bond motifs is 1. The number of rotatable bonds is 3. The smallest absolute Gasteiger partial charge is 0.0219 e. The summed E-state index contributed by atoms with van der Waals surface area (Å²) in [5.74, 6) is 1.60. The van der Waals surface area contributed by atoms with Crippen LogP contribution in [0.15, 0.2) is 5.38 Å². The Balaban J connectivity index is 2.18. The molecule has 1 nitrogen and oxygen atoms in total. The second-order valence-electron chi connectivity index (χ2n) is 5.44. The van der Waals surface area contributed by atoms with E-state index in [-0.39, 0.29) is 0 Å². The summed E-state index contributed by atoms with van der Waals surface area (Å²) in [6.45, 7) is 10.3. The number of hydrogen-bond donors (Lipinski definition) is 1. The Morgan fingerprint density at radius 3 is 2.88 bits per heavy atom. The molecule has 2 unspecified atom stereocenters. The molecule has 1 aliphatic rings. The first-order chi connectivity index (χ1) is 7.59. The highest BCUT2D eigenvalue weighted by Crippen LogP contribution is 2.40. The molecule has 0 amide bonds. The van der Waals surface area contributed by atoms with Gasteiger partial charge in [0.1, 0.15) is 0 Å². The fraction of sp³-hybridized carbons (Fsp3) is 0.714. The number of nitrogens with one attached hydrogen (secondary N) is 1. The highest BCUT2D eigenvalue weighted by molar-refractivity contribution is 7.10. The maximum Gasteiger partial charge on any atom is 0.0219 e. The first-order valence-corrected chi connectivity index (χ1v) is 7.30. The van der Waals surface area contributed by atoms with Crippen molar-refractivity contribution < 1.29 is 0 Å². The third-order valence-electron chi connectivity index (χ3n) is 3.83. The van der Waals surface area contributed by atoms with E-state index in [2.05, 4.69) is 38.4 Å². The molecule has 0 aromatic carbocycles. The van der Waals surface area contributed by atoms with Gasteiger partial charge in [0.2, 0.25) is 0 Å². The summed E-state index contributed by atoms with van der Waals surface area (Å²) in [4.78, 5) is 1.64. The maximum absolute atomic E-state index is 3.54. The van der Waals surface area contributed by atoms with Crippen LogP contribution in [0.2, 0.25) is 0 Å².